The molecule has 0 bridgehead atoms. The number of hydrogen-bond acceptors (Lipinski definition) is 4. The molecular weight excluding hydrogens is 280 g/mol. The smallest absolute Gasteiger partial charge is 0.262 e. The summed E-state index contributed by atoms with van der Waals surface area (Å²) in [7, 11) is 0. The number of carbonyl (C=O) groups is 1. The Hall–Kier alpha value is -2.48. The lowest BCUT2D eigenvalue weighted by Crippen LogP contribution is -2.48. The average molecular weight is 300 g/mol. The summed E-state index contributed by atoms with van der Waals surface area (Å²) in [6.45, 7) is 7.35. The number of nitrogens with zero attached hydrogens (tertiary/aromatic N) is 1. The topological polar surface area (TPSA) is 64.4 Å². The molecule has 2 rings (SSSR count). The number of aromatic nitrogens is 1. The highest BCUT2D eigenvalue weighted by Crippen LogP contribution is 2.21. The molecule has 116 valence electrons. The van der Waals surface area contributed by atoms with Gasteiger partial charge in [-0.1, -0.05) is 12.8 Å². The maximum atomic E-state index is 12.3. The van der Waals surface area contributed by atoms with E-state index in [1.54, 1.807) is 25.1 Å². The van der Waals surface area contributed by atoms with Crippen molar-refractivity contribution in [3.8, 4) is 17.6 Å². The number of benzene rings is 1. The van der Waals surface area contributed by atoms with E-state index in [2.05, 4.69) is 22.1 Å². The molecule has 0 aliphatic carbocycles. The molecule has 1 aromatic carbocycles. The minimum absolute atomic E-state index is 0.187. The molecule has 1 heterocycles. The number of hydrogen-bond donors (Lipinski definition) is 1. The van der Waals surface area contributed by atoms with Crippen molar-refractivity contribution < 1.29 is 13.9 Å². The van der Waals surface area contributed by atoms with Crippen molar-refractivity contribution in [3.05, 3.63) is 24.6 Å². The number of fused-ring (bicyclic) bond motifs is 1. The molecule has 0 aliphatic rings. The quantitative estimate of drug-likeness (QED) is 0.862. The molecule has 22 heavy (non-hydrogen) atoms. The van der Waals surface area contributed by atoms with Crippen LogP contribution < -0.4 is 10.1 Å². The van der Waals surface area contributed by atoms with Gasteiger partial charge in [-0.2, -0.15) is 0 Å². The number of carbonyl (C=O) groups excluding carboxylic acids is 1. The summed E-state index contributed by atoms with van der Waals surface area (Å²) in [5.74, 6) is 6.16. The minimum atomic E-state index is -0.586. The van der Waals surface area contributed by atoms with E-state index in [-0.39, 0.29) is 5.91 Å². The van der Waals surface area contributed by atoms with Crippen molar-refractivity contribution in [2.45, 2.75) is 45.8 Å². The molecular formula is C17H20N2O3. The second-order valence-electron chi connectivity index (χ2n) is 5.49. The Morgan fingerprint density at radius 3 is 2.95 bits per heavy atom. The number of amides is 1. The van der Waals surface area contributed by atoms with Crippen molar-refractivity contribution in [2.24, 2.45) is 0 Å². The van der Waals surface area contributed by atoms with Gasteiger partial charge in [-0.25, -0.2) is 4.98 Å². The standard InChI is InChI=1S/C17H20N2O3/c1-5-9-17(3,4)19-16(20)14(6-2)22-12-7-8-13-15(10-12)21-11-18-13/h7-8,10-11,14H,6H2,1-4H3,(H,19,20). The van der Waals surface area contributed by atoms with Crippen LogP contribution in [-0.4, -0.2) is 22.5 Å². The molecule has 0 radical (unpaired) electrons. The first-order valence-electron chi connectivity index (χ1n) is 7.21. The van der Waals surface area contributed by atoms with E-state index >= 15 is 0 Å². The lowest BCUT2D eigenvalue weighted by Gasteiger charge is -2.24. The van der Waals surface area contributed by atoms with Crippen LogP contribution in [0.2, 0.25) is 0 Å². The summed E-state index contributed by atoms with van der Waals surface area (Å²) in [6, 6.07) is 5.30. The van der Waals surface area contributed by atoms with Gasteiger partial charge in [0.2, 0.25) is 0 Å². The van der Waals surface area contributed by atoms with Crippen molar-refractivity contribution in [1.82, 2.24) is 10.3 Å². The van der Waals surface area contributed by atoms with Gasteiger partial charge >= 0.3 is 0 Å². The van der Waals surface area contributed by atoms with Gasteiger partial charge in [0.05, 0.1) is 5.54 Å². The average Bonchev–Trinajstić information content (AvgIpc) is 2.91. The third-order valence-electron chi connectivity index (χ3n) is 3.12. The van der Waals surface area contributed by atoms with Crippen LogP contribution in [0.15, 0.2) is 29.0 Å². The minimum Gasteiger partial charge on any atom is -0.480 e. The summed E-state index contributed by atoms with van der Waals surface area (Å²) in [5, 5.41) is 2.89. The zero-order valence-corrected chi connectivity index (χ0v) is 13.3. The van der Waals surface area contributed by atoms with Crippen LogP contribution in [0.1, 0.15) is 34.1 Å². The predicted molar refractivity (Wildman–Crippen MR) is 84.4 cm³/mol. The Bertz CT molecular complexity index is 722. The molecule has 1 unspecified atom stereocenters. The first-order valence-corrected chi connectivity index (χ1v) is 7.21. The van der Waals surface area contributed by atoms with E-state index in [4.69, 9.17) is 9.15 Å². The second-order valence-corrected chi connectivity index (χ2v) is 5.49. The lowest BCUT2D eigenvalue weighted by molar-refractivity contribution is -0.129. The van der Waals surface area contributed by atoms with E-state index in [1.165, 1.54) is 6.39 Å². The predicted octanol–water partition coefficient (Wildman–Crippen LogP) is 2.90. The van der Waals surface area contributed by atoms with Gasteiger partial charge in [0.15, 0.2) is 18.1 Å². The summed E-state index contributed by atoms with van der Waals surface area (Å²) < 4.78 is 11.0. The van der Waals surface area contributed by atoms with Gasteiger partial charge in [-0.3, -0.25) is 4.79 Å². The zero-order chi connectivity index (χ0) is 16.2. The van der Waals surface area contributed by atoms with Crippen molar-refractivity contribution in [3.63, 3.8) is 0 Å². The Labute approximate surface area is 130 Å². The van der Waals surface area contributed by atoms with Gasteiger partial charge < -0.3 is 14.5 Å². The number of ether oxygens (including phenoxy) is 1. The molecule has 0 saturated carbocycles. The maximum absolute atomic E-state index is 12.3. The summed E-state index contributed by atoms with van der Waals surface area (Å²) in [5.41, 5.74) is 0.798. The Kier molecular flexibility index (Phi) is 4.71. The summed E-state index contributed by atoms with van der Waals surface area (Å²) in [6.07, 6.45) is 1.35. The van der Waals surface area contributed by atoms with E-state index in [0.29, 0.717) is 17.8 Å². The fourth-order valence-electron chi connectivity index (χ4n) is 2.13. The van der Waals surface area contributed by atoms with Gasteiger partial charge in [-0.15, -0.1) is 5.92 Å². The van der Waals surface area contributed by atoms with Crippen LogP contribution >= 0.6 is 0 Å². The third-order valence-corrected chi connectivity index (χ3v) is 3.12. The Morgan fingerprint density at radius 2 is 2.27 bits per heavy atom. The van der Waals surface area contributed by atoms with Crippen LogP contribution in [0.5, 0.6) is 5.75 Å². The van der Waals surface area contributed by atoms with Crippen LogP contribution in [-0.2, 0) is 4.79 Å². The molecule has 0 fully saturated rings. The zero-order valence-electron chi connectivity index (χ0n) is 13.3. The van der Waals surface area contributed by atoms with E-state index < -0.39 is 11.6 Å². The largest absolute Gasteiger partial charge is 0.480 e. The highest BCUT2D eigenvalue weighted by molar-refractivity contribution is 5.82. The van der Waals surface area contributed by atoms with Crippen LogP contribution in [0.3, 0.4) is 0 Å². The number of oxazole rings is 1. The summed E-state index contributed by atoms with van der Waals surface area (Å²) in [4.78, 5) is 16.4. The molecule has 5 heteroatoms. The molecule has 5 nitrogen and oxygen atoms in total. The van der Waals surface area contributed by atoms with Crippen LogP contribution in [0, 0.1) is 11.8 Å². The summed E-state index contributed by atoms with van der Waals surface area (Å²) >= 11 is 0. The molecule has 1 atom stereocenters. The van der Waals surface area contributed by atoms with E-state index in [0.717, 1.165) is 5.52 Å². The van der Waals surface area contributed by atoms with Crippen LogP contribution in [0.25, 0.3) is 11.1 Å². The first kappa shape index (κ1) is 15.9. The highest BCUT2D eigenvalue weighted by Gasteiger charge is 2.24. The number of rotatable bonds is 5. The normalized spacial score (nSPS) is 12.4. The fourth-order valence-corrected chi connectivity index (χ4v) is 2.13. The van der Waals surface area contributed by atoms with Crippen molar-refractivity contribution in [1.29, 1.82) is 0 Å². The van der Waals surface area contributed by atoms with Gasteiger partial charge in [0.25, 0.3) is 5.91 Å². The first-order chi connectivity index (χ1) is 10.4. The number of nitrogens with one attached hydrogen (secondary N) is 1. The second kappa shape index (κ2) is 6.52. The molecule has 1 N–H and O–H groups in total. The third kappa shape index (κ3) is 3.79. The highest BCUT2D eigenvalue weighted by atomic mass is 16.5. The molecule has 0 spiro atoms. The SMILES string of the molecule is CC#CC(C)(C)NC(=O)C(CC)Oc1ccc2ncoc2c1. The van der Waals surface area contributed by atoms with Gasteiger partial charge in [0.1, 0.15) is 11.3 Å². The van der Waals surface area contributed by atoms with Crippen molar-refractivity contribution >= 4 is 17.0 Å². The van der Waals surface area contributed by atoms with Gasteiger partial charge in [-0.05, 0) is 39.3 Å². The molecule has 0 saturated heterocycles. The van der Waals surface area contributed by atoms with E-state index in [1.807, 2.05) is 20.8 Å². The maximum Gasteiger partial charge on any atom is 0.262 e. The van der Waals surface area contributed by atoms with E-state index in [9.17, 15) is 4.79 Å². The van der Waals surface area contributed by atoms with Crippen molar-refractivity contribution in [2.75, 3.05) is 0 Å². The van der Waals surface area contributed by atoms with Crippen LogP contribution in [0.4, 0.5) is 0 Å². The molecule has 0 aliphatic heterocycles. The molecule has 2 aromatic rings. The molecule has 1 amide bonds. The molecule has 1 aromatic heterocycles. The Morgan fingerprint density at radius 1 is 1.50 bits per heavy atom. The van der Waals surface area contributed by atoms with Gasteiger partial charge in [0, 0.05) is 6.07 Å². The fraction of sp³-hybridized carbons (Fsp3) is 0.412. The monoisotopic (exact) mass is 300 g/mol. The lowest BCUT2D eigenvalue weighted by atomic mass is 10.1. The Balaban J connectivity index is 2.10.